The molecule has 1 saturated heterocycles. The van der Waals surface area contributed by atoms with Crippen LogP contribution in [0.25, 0.3) is 11.0 Å². The fourth-order valence-corrected chi connectivity index (χ4v) is 2.07. The second-order valence-electron chi connectivity index (χ2n) is 4.41. The molecule has 7 nitrogen and oxygen atoms in total. The van der Waals surface area contributed by atoms with E-state index >= 15 is 0 Å². The van der Waals surface area contributed by atoms with Crippen molar-refractivity contribution in [2.75, 3.05) is 25.1 Å². The van der Waals surface area contributed by atoms with Gasteiger partial charge < -0.3 is 25.3 Å². The number of ether oxygens (including phenoxy) is 1. The lowest BCUT2D eigenvalue weighted by atomic mass is 10.2. The molecule has 0 aliphatic carbocycles. The lowest BCUT2D eigenvalue weighted by Gasteiger charge is -2.22. The number of rotatable bonds is 2. The standard InChI is InChI=1S/C12H14N4O3/c17-11(10-6-19-4-3-13-10)14-7-1-2-8-9(5-7)16-12(18)15-8/h1-2,5,10,13H,3-4,6H2,(H,14,17)(H2,15,16,18). The normalized spacial score (nSPS) is 19.5. The second-order valence-corrected chi connectivity index (χ2v) is 4.41. The van der Waals surface area contributed by atoms with Crippen LogP contribution in [-0.4, -0.2) is 41.7 Å². The van der Waals surface area contributed by atoms with Crippen molar-refractivity contribution in [1.29, 1.82) is 0 Å². The van der Waals surface area contributed by atoms with Gasteiger partial charge >= 0.3 is 5.69 Å². The van der Waals surface area contributed by atoms with Gasteiger partial charge in [0.25, 0.3) is 0 Å². The van der Waals surface area contributed by atoms with Gasteiger partial charge in [-0.2, -0.15) is 0 Å². The van der Waals surface area contributed by atoms with E-state index in [9.17, 15) is 9.59 Å². The van der Waals surface area contributed by atoms with Crippen LogP contribution >= 0.6 is 0 Å². The number of nitrogens with one attached hydrogen (secondary N) is 4. The maximum atomic E-state index is 12.0. The highest BCUT2D eigenvalue weighted by molar-refractivity contribution is 5.96. The van der Waals surface area contributed by atoms with Crippen molar-refractivity contribution in [3.8, 4) is 0 Å². The molecule has 0 radical (unpaired) electrons. The molecule has 1 unspecified atom stereocenters. The molecule has 0 spiro atoms. The summed E-state index contributed by atoms with van der Waals surface area (Å²) in [6, 6.07) is 4.87. The third kappa shape index (κ3) is 2.51. The molecule has 1 aromatic heterocycles. The van der Waals surface area contributed by atoms with E-state index in [1.807, 2.05) is 0 Å². The first-order valence-electron chi connectivity index (χ1n) is 6.06. The van der Waals surface area contributed by atoms with Gasteiger partial charge in [-0.3, -0.25) is 4.79 Å². The van der Waals surface area contributed by atoms with Crippen LogP contribution in [0.4, 0.5) is 5.69 Å². The highest BCUT2D eigenvalue weighted by atomic mass is 16.5. The van der Waals surface area contributed by atoms with E-state index in [0.29, 0.717) is 36.5 Å². The number of anilines is 1. The summed E-state index contributed by atoms with van der Waals surface area (Å²) in [6.07, 6.45) is 0. The number of aromatic amines is 2. The first-order valence-corrected chi connectivity index (χ1v) is 6.06. The third-order valence-corrected chi connectivity index (χ3v) is 3.02. The first kappa shape index (κ1) is 11.9. The summed E-state index contributed by atoms with van der Waals surface area (Å²) in [5, 5.41) is 5.88. The average Bonchev–Trinajstić information content (AvgIpc) is 2.79. The van der Waals surface area contributed by atoms with Gasteiger partial charge in [-0.25, -0.2) is 4.79 Å². The molecule has 7 heteroatoms. The molecule has 0 saturated carbocycles. The van der Waals surface area contributed by atoms with Gasteiger partial charge in [0.2, 0.25) is 5.91 Å². The fourth-order valence-electron chi connectivity index (χ4n) is 2.07. The highest BCUT2D eigenvalue weighted by Gasteiger charge is 2.21. The molecule has 100 valence electrons. The zero-order valence-electron chi connectivity index (χ0n) is 10.2. The van der Waals surface area contributed by atoms with Gasteiger partial charge in [0.1, 0.15) is 6.04 Å². The zero-order valence-corrected chi connectivity index (χ0v) is 10.2. The van der Waals surface area contributed by atoms with Crippen LogP contribution in [0.15, 0.2) is 23.0 Å². The molecule has 3 rings (SSSR count). The minimum absolute atomic E-state index is 0.142. The van der Waals surface area contributed by atoms with Crippen LogP contribution < -0.4 is 16.3 Å². The van der Waals surface area contributed by atoms with E-state index < -0.39 is 0 Å². The number of morpholine rings is 1. The third-order valence-electron chi connectivity index (χ3n) is 3.02. The van der Waals surface area contributed by atoms with Crippen LogP contribution in [-0.2, 0) is 9.53 Å². The monoisotopic (exact) mass is 262 g/mol. The first-order chi connectivity index (χ1) is 9.22. The Bertz CT molecular complexity index is 654. The maximum absolute atomic E-state index is 12.0. The molecule has 1 fully saturated rings. The van der Waals surface area contributed by atoms with Gasteiger partial charge in [0.15, 0.2) is 0 Å². The van der Waals surface area contributed by atoms with Crippen molar-refractivity contribution in [3.63, 3.8) is 0 Å². The summed E-state index contributed by atoms with van der Waals surface area (Å²) < 4.78 is 5.24. The second kappa shape index (κ2) is 4.87. The van der Waals surface area contributed by atoms with E-state index in [0.717, 1.165) is 0 Å². The number of carbonyl (C=O) groups excluding carboxylic acids is 1. The van der Waals surface area contributed by atoms with Crippen molar-refractivity contribution in [2.24, 2.45) is 0 Å². The van der Waals surface area contributed by atoms with E-state index in [2.05, 4.69) is 20.6 Å². The molecule has 1 atom stereocenters. The van der Waals surface area contributed by atoms with Gasteiger partial charge in [0, 0.05) is 12.2 Å². The van der Waals surface area contributed by atoms with Crippen LogP contribution in [0.3, 0.4) is 0 Å². The van der Waals surface area contributed by atoms with Crippen molar-refractivity contribution < 1.29 is 9.53 Å². The predicted octanol–water partition coefficient (Wildman–Crippen LogP) is -0.217. The Morgan fingerprint density at radius 3 is 2.95 bits per heavy atom. The quantitative estimate of drug-likeness (QED) is 0.601. The van der Waals surface area contributed by atoms with Crippen molar-refractivity contribution in [2.45, 2.75) is 6.04 Å². The number of hydrogen-bond acceptors (Lipinski definition) is 4. The molecule has 1 aromatic carbocycles. The summed E-state index contributed by atoms with van der Waals surface area (Å²) in [5.74, 6) is -0.142. The fraction of sp³-hybridized carbons (Fsp3) is 0.333. The van der Waals surface area contributed by atoms with Crippen molar-refractivity contribution >= 4 is 22.6 Å². The minimum Gasteiger partial charge on any atom is -0.378 e. The number of amides is 1. The minimum atomic E-state index is -0.338. The molecule has 19 heavy (non-hydrogen) atoms. The van der Waals surface area contributed by atoms with Crippen LogP contribution in [0.5, 0.6) is 0 Å². The number of aromatic nitrogens is 2. The number of H-pyrrole nitrogens is 2. The lowest BCUT2D eigenvalue weighted by molar-refractivity contribution is -0.120. The summed E-state index contributed by atoms with van der Waals surface area (Å²) in [5.41, 5.74) is 1.75. The molecule has 2 heterocycles. The Kier molecular flexibility index (Phi) is 3.06. The van der Waals surface area contributed by atoms with Crippen molar-refractivity contribution in [1.82, 2.24) is 15.3 Å². The number of benzene rings is 1. The molecule has 2 aromatic rings. The van der Waals surface area contributed by atoms with Crippen LogP contribution in [0, 0.1) is 0 Å². The van der Waals surface area contributed by atoms with E-state index in [1.165, 1.54) is 0 Å². The Morgan fingerprint density at radius 2 is 2.16 bits per heavy atom. The van der Waals surface area contributed by atoms with Gasteiger partial charge in [0.05, 0.1) is 24.2 Å². The zero-order chi connectivity index (χ0) is 13.2. The smallest absolute Gasteiger partial charge is 0.323 e. The average molecular weight is 262 g/mol. The van der Waals surface area contributed by atoms with Gasteiger partial charge in [-0.1, -0.05) is 0 Å². The predicted molar refractivity (Wildman–Crippen MR) is 70.2 cm³/mol. The summed E-state index contributed by atoms with van der Waals surface area (Å²) >= 11 is 0. The summed E-state index contributed by atoms with van der Waals surface area (Å²) in [6.45, 7) is 1.66. The molecule has 1 aliphatic heterocycles. The number of carbonyl (C=O) groups is 1. The molecule has 4 N–H and O–H groups in total. The molecular weight excluding hydrogens is 248 g/mol. The molecule has 0 bridgehead atoms. The van der Waals surface area contributed by atoms with Crippen LogP contribution in [0.1, 0.15) is 0 Å². The molecule has 1 amide bonds. The van der Waals surface area contributed by atoms with Gasteiger partial charge in [-0.15, -0.1) is 0 Å². The molecule has 1 aliphatic rings. The Hall–Kier alpha value is -2.12. The SMILES string of the molecule is O=C(Nc1ccc2[nH]c(=O)[nH]c2c1)C1COCCN1. The number of hydrogen-bond donors (Lipinski definition) is 4. The van der Waals surface area contributed by atoms with Crippen LogP contribution in [0.2, 0.25) is 0 Å². The number of imidazole rings is 1. The number of fused-ring (bicyclic) bond motifs is 1. The molecular formula is C12H14N4O3. The largest absolute Gasteiger partial charge is 0.378 e. The summed E-state index contributed by atoms with van der Waals surface area (Å²) in [4.78, 5) is 28.4. The van der Waals surface area contributed by atoms with Gasteiger partial charge in [-0.05, 0) is 18.2 Å². The van der Waals surface area contributed by atoms with E-state index in [-0.39, 0.29) is 17.6 Å². The Labute approximate surface area is 108 Å². The Balaban J connectivity index is 1.76. The lowest BCUT2D eigenvalue weighted by Crippen LogP contribution is -2.48. The highest BCUT2D eigenvalue weighted by Crippen LogP contribution is 2.14. The topological polar surface area (TPSA) is 99.0 Å². The summed E-state index contributed by atoms with van der Waals surface area (Å²) in [7, 11) is 0. The maximum Gasteiger partial charge on any atom is 0.323 e. The van der Waals surface area contributed by atoms with Crippen molar-refractivity contribution in [3.05, 3.63) is 28.7 Å². The van der Waals surface area contributed by atoms with E-state index in [4.69, 9.17) is 4.74 Å². The Morgan fingerprint density at radius 1 is 1.32 bits per heavy atom. The van der Waals surface area contributed by atoms with E-state index in [1.54, 1.807) is 18.2 Å².